The minimum atomic E-state index is -0.236. The van der Waals surface area contributed by atoms with Crippen LogP contribution in [-0.2, 0) is 0 Å². The molecule has 4 bridgehead atoms. The van der Waals surface area contributed by atoms with Crippen LogP contribution >= 0.6 is 11.3 Å². The lowest BCUT2D eigenvalue weighted by molar-refractivity contribution is -0.115. The van der Waals surface area contributed by atoms with Crippen molar-refractivity contribution >= 4 is 16.5 Å². The number of hydrogen-bond donors (Lipinski definition) is 2. The molecule has 4 aliphatic rings. The number of anilines is 1. The van der Waals surface area contributed by atoms with Crippen molar-refractivity contribution in [2.75, 3.05) is 11.9 Å². The second kappa shape index (κ2) is 4.67. The van der Waals surface area contributed by atoms with E-state index < -0.39 is 0 Å². The van der Waals surface area contributed by atoms with Gasteiger partial charge in [0.1, 0.15) is 5.01 Å². The lowest BCUT2D eigenvalue weighted by Gasteiger charge is -2.58. The summed E-state index contributed by atoms with van der Waals surface area (Å²) in [7, 11) is 0. The van der Waals surface area contributed by atoms with Crippen LogP contribution in [0.1, 0.15) is 43.5 Å². The molecule has 5 rings (SSSR count). The number of aromatic nitrogens is 2. The lowest BCUT2D eigenvalue weighted by atomic mass is 9.48. The van der Waals surface area contributed by atoms with Gasteiger partial charge in [-0.05, 0) is 68.6 Å². The quantitative estimate of drug-likeness (QED) is 0.896. The molecule has 4 nitrogen and oxygen atoms in total. The Hall–Kier alpha value is -0.680. The lowest BCUT2D eigenvalue weighted by Crippen LogP contribution is -2.53. The van der Waals surface area contributed by atoms with Crippen LogP contribution in [0, 0.1) is 30.1 Å². The summed E-state index contributed by atoms with van der Waals surface area (Å²) in [5.41, 5.74) is 0.196. The molecule has 2 N–H and O–H groups in total. The molecule has 0 saturated heterocycles. The van der Waals surface area contributed by atoms with Gasteiger partial charge in [0, 0.05) is 6.54 Å². The highest BCUT2D eigenvalue weighted by molar-refractivity contribution is 7.15. The highest BCUT2D eigenvalue weighted by atomic mass is 32.1. The predicted molar refractivity (Wildman–Crippen MR) is 79.7 cm³/mol. The standard InChI is InChI=1S/C15H23N3OS/c1-9-17-18-14(20-9)16-8-13(19)15-5-10-2-11(6-15)4-12(3-10)7-15/h10-13,19H,2-8H2,1H3,(H,16,18). The third-order valence-electron chi connectivity index (χ3n) is 5.77. The average Bonchev–Trinajstić information content (AvgIpc) is 2.80. The first-order chi connectivity index (χ1) is 9.63. The van der Waals surface area contributed by atoms with Gasteiger partial charge >= 0.3 is 0 Å². The zero-order valence-electron chi connectivity index (χ0n) is 12.0. The Balaban J connectivity index is 1.44. The topological polar surface area (TPSA) is 58.0 Å². The fourth-order valence-electron chi connectivity index (χ4n) is 5.35. The molecule has 0 radical (unpaired) electrons. The van der Waals surface area contributed by atoms with E-state index in [1.54, 1.807) is 11.3 Å². The minimum Gasteiger partial charge on any atom is -0.391 e. The number of aliphatic hydroxyl groups is 1. The maximum absolute atomic E-state index is 10.8. The SMILES string of the molecule is Cc1nnc(NCC(O)C23CC4CC(CC(C4)C2)C3)s1. The first kappa shape index (κ1) is 13.0. The molecule has 0 aliphatic heterocycles. The van der Waals surface area contributed by atoms with Crippen LogP contribution in [0.15, 0.2) is 0 Å². The van der Waals surface area contributed by atoms with E-state index in [-0.39, 0.29) is 11.5 Å². The molecule has 110 valence electrons. The summed E-state index contributed by atoms with van der Waals surface area (Å²) in [5, 5.41) is 24.0. The molecule has 4 saturated carbocycles. The van der Waals surface area contributed by atoms with Gasteiger partial charge in [0.2, 0.25) is 5.13 Å². The monoisotopic (exact) mass is 293 g/mol. The van der Waals surface area contributed by atoms with Gasteiger partial charge in [-0.25, -0.2) is 0 Å². The van der Waals surface area contributed by atoms with Crippen molar-refractivity contribution in [1.82, 2.24) is 10.2 Å². The van der Waals surface area contributed by atoms with Gasteiger partial charge in [-0.3, -0.25) is 0 Å². The number of hydrogen-bond acceptors (Lipinski definition) is 5. The molecule has 1 unspecified atom stereocenters. The first-order valence-corrected chi connectivity index (χ1v) is 8.67. The van der Waals surface area contributed by atoms with E-state index >= 15 is 0 Å². The van der Waals surface area contributed by atoms with Crippen LogP contribution in [0.25, 0.3) is 0 Å². The number of nitrogens with one attached hydrogen (secondary N) is 1. The van der Waals surface area contributed by atoms with E-state index in [0.29, 0.717) is 6.54 Å². The Morgan fingerprint density at radius 1 is 1.20 bits per heavy atom. The first-order valence-electron chi connectivity index (χ1n) is 7.85. The van der Waals surface area contributed by atoms with Gasteiger partial charge in [-0.1, -0.05) is 11.3 Å². The maximum Gasteiger partial charge on any atom is 0.205 e. The van der Waals surface area contributed by atoms with E-state index in [1.165, 1.54) is 38.5 Å². The molecule has 5 heteroatoms. The summed E-state index contributed by atoms with van der Waals surface area (Å²) in [6.07, 6.45) is 7.78. The summed E-state index contributed by atoms with van der Waals surface area (Å²) in [6.45, 7) is 2.58. The van der Waals surface area contributed by atoms with E-state index in [2.05, 4.69) is 15.5 Å². The zero-order chi connectivity index (χ0) is 13.7. The number of aryl methyl sites for hydroxylation is 1. The summed E-state index contributed by atoms with van der Waals surface area (Å²) >= 11 is 1.56. The molecule has 0 spiro atoms. The number of rotatable bonds is 4. The van der Waals surface area contributed by atoms with Crippen molar-refractivity contribution in [1.29, 1.82) is 0 Å². The van der Waals surface area contributed by atoms with E-state index in [9.17, 15) is 5.11 Å². The molecule has 1 aromatic rings. The van der Waals surface area contributed by atoms with Crippen LogP contribution in [0.4, 0.5) is 5.13 Å². The van der Waals surface area contributed by atoms with Crippen LogP contribution in [0.3, 0.4) is 0 Å². The normalized spacial score (nSPS) is 40.0. The highest BCUT2D eigenvalue weighted by Crippen LogP contribution is 2.61. The Morgan fingerprint density at radius 2 is 1.80 bits per heavy atom. The molecule has 0 amide bonds. The third kappa shape index (κ3) is 2.15. The van der Waals surface area contributed by atoms with Crippen molar-refractivity contribution < 1.29 is 5.11 Å². The van der Waals surface area contributed by atoms with Gasteiger partial charge in [0.25, 0.3) is 0 Å². The van der Waals surface area contributed by atoms with E-state index in [4.69, 9.17) is 0 Å². The Bertz CT molecular complexity index is 466. The molecule has 1 atom stereocenters. The van der Waals surface area contributed by atoms with Gasteiger partial charge in [-0.15, -0.1) is 10.2 Å². The van der Waals surface area contributed by atoms with Crippen molar-refractivity contribution in [3.8, 4) is 0 Å². The highest BCUT2D eigenvalue weighted by Gasteiger charge is 2.53. The van der Waals surface area contributed by atoms with Crippen molar-refractivity contribution in [3.63, 3.8) is 0 Å². The fourth-order valence-corrected chi connectivity index (χ4v) is 5.95. The number of aliphatic hydroxyl groups excluding tert-OH is 1. The second-order valence-electron chi connectivity index (χ2n) is 7.30. The minimum absolute atomic E-state index is 0.196. The van der Waals surface area contributed by atoms with E-state index in [0.717, 1.165) is 27.9 Å². The van der Waals surface area contributed by atoms with Crippen LogP contribution in [-0.4, -0.2) is 28.0 Å². The van der Waals surface area contributed by atoms with Gasteiger partial charge in [-0.2, -0.15) is 0 Å². The summed E-state index contributed by atoms with van der Waals surface area (Å²) in [4.78, 5) is 0. The van der Waals surface area contributed by atoms with Crippen molar-refractivity contribution in [3.05, 3.63) is 5.01 Å². The molecule has 20 heavy (non-hydrogen) atoms. The summed E-state index contributed by atoms with van der Waals surface area (Å²) in [6, 6.07) is 0. The molecular weight excluding hydrogens is 270 g/mol. The zero-order valence-corrected chi connectivity index (χ0v) is 12.8. The average molecular weight is 293 g/mol. The number of nitrogens with zero attached hydrogens (tertiary/aromatic N) is 2. The molecule has 4 fully saturated rings. The van der Waals surface area contributed by atoms with Gasteiger partial charge in [0.15, 0.2) is 0 Å². The summed E-state index contributed by atoms with van der Waals surface area (Å²) in [5.74, 6) is 2.67. The molecule has 1 heterocycles. The molecule has 0 aromatic carbocycles. The smallest absolute Gasteiger partial charge is 0.205 e. The van der Waals surface area contributed by atoms with Crippen molar-refractivity contribution in [2.45, 2.75) is 51.6 Å². The molecule has 1 aromatic heterocycles. The van der Waals surface area contributed by atoms with Crippen molar-refractivity contribution in [2.24, 2.45) is 23.2 Å². The van der Waals surface area contributed by atoms with Gasteiger partial charge in [0.05, 0.1) is 6.10 Å². The Kier molecular flexibility index (Phi) is 3.04. The largest absolute Gasteiger partial charge is 0.391 e. The summed E-state index contributed by atoms with van der Waals surface area (Å²) < 4.78 is 0. The molecular formula is C15H23N3OS. The second-order valence-corrected chi connectivity index (χ2v) is 8.48. The fraction of sp³-hybridized carbons (Fsp3) is 0.867. The van der Waals surface area contributed by atoms with Crippen LogP contribution in [0.5, 0.6) is 0 Å². The Morgan fingerprint density at radius 3 is 2.30 bits per heavy atom. The predicted octanol–water partition coefficient (Wildman–Crippen LogP) is 2.84. The van der Waals surface area contributed by atoms with Crippen LogP contribution in [0.2, 0.25) is 0 Å². The Labute approximate surface area is 124 Å². The molecule has 4 aliphatic carbocycles. The van der Waals surface area contributed by atoms with Crippen LogP contribution < -0.4 is 5.32 Å². The van der Waals surface area contributed by atoms with Gasteiger partial charge < -0.3 is 10.4 Å². The van der Waals surface area contributed by atoms with E-state index in [1.807, 2.05) is 6.92 Å². The third-order valence-corrected chi connectivity index (χ3v) is 6.56. The maximum atomic E-state index is 10.8.